The molecule has 0 radical (unpaired) electrons. The van der Waals surface area contributed by atoms with E-state index in [0.29, 0.717) is 75.7 Å². The van der Waals surface area contributed by atoms with Gasteiger partial charge in [0.25, 0.3) is 11.6 Å². The number of alkyl halides is 6. The van der Waals surface area contributed by atoms with Gasteiger partial charge in [0.15, 0.2) is 0 Å². The first-order valence-electron chi connectivity index (χ1n) is 14.5. The minimum absolute atomic E-state index is 0.129. The normalized spacial score (nSPS) is 13.3. The molecule has 0 aromatic heterocycles. The van der Waals surface area contributed by atoms with E-state index in [0.717, 1.165) is 24.3 Å². The Balaban J connectivity index is 1.60. The molecule has 2 N–H and O–H groups in total. The maximum absolute atomic E-state index is 12.5. The van der Waals surface area contributed by atoms with Gasteiger partial charge in [-0.2, -0.15) is 26.3 Å². The lowest BCUT2D eigenvalue weighted by Crippen LogP contribution is -2.22. The zero-order valence-electron chi connectivity index (χ0n) is 24.5. The van der Waals surface area contributed by atoms with Crippen LogP contribution in [0.2, 0.25) is 0 Å². The van der Waals surface area contributed by atoms with Gasteiger partial charge in [0.1, 0.15) is 0 Å². The maximum Gasteiger partial charge on any atom is 0.454 e. The van der Waals surface area contributed by atoms with E-state index in [1.54, 1.807) is 0 Å². The van der Waals surface area contributed by atoms with Crippen LogP contribution in [-0.4, -0.2) is 59.3 Å². The summed E-state index contributed by atoms with van der Waals surface area (Å²) < 4.78 is 80.9. The van der Waals surface area contributed by atoms with Gasteiger partial charge in [-0.15, -0.1) is 0 Å². The Kier molecular flexibility index (Phi) is 14.7. The molecule has 0 bridgehead atoms. The quantitative estimate of drug-likeness (QED) is 0.0869. The molecule has 0 saturated heterocycles. The van der Waals surface area contributed by atoms with E-state index in [1.165, 1.54) is 24.3 Å². The second-order valence-electron chi connectivity index (χ2n) is 10.8. The minimum Gasteiger partial charge on any atom is -0.481 e. The van der Waals surface area contributed by atoms with Gasteiger partial charge in [-0.3, -0.25) is 19.2 Å². The summed E-state index contributed by atoms with van der Waals surface area (Å²) in [6, 6.07) is 9.50. The number of carboxylic acid groups (broad SMARTS) is 2. The Morgan fingerprint density at radius 2 is 0.889 bits per heavy atom. The van der Waals surface area contributed by atoms with Crippen molar-refractivity contribution in [2.75, 3.05) is 13.2 Å². The van der Waals surface area contributed by atoms with Crippen LogP contribution in [0.4, 0.5) is 26.3 Å². The van der Waals surface area contributed by atoms with E-state index in [-0.39, 0.29) is 12.8 Å². The van der Waals surface area contributed by atoms with Gasteiger partial charge in [-0.25, -0.2) is 0 Å². The van der Waals surface area contributed by atoms with Crippen molar-refractivity contribution < 1.29 is 60.5 Å². The molecule has 2 atom stereocenters. The third kappa shape index (κ3) is 13.4. The van der Waals surface area contributed by atoms with Crippen molar-refractivity contribution in [2.45, 2.75) is 76.6 Å². The lowest BCUT2D eigenvalue weighted by atomic mass is 9.93. The van der Waals surface area contributed by atoms with Crippen molar-refractivity contribution in [1.29, 1.82) is 0 Å². The predicted molar refractivity (Wildman–Crippen MR) is 151 cm³/mol. The van der Waals surface area contributed by atoms with Crippen LogP contribution in [0.1, 0.15) is 83.2 Å². The van der Waals surface area contributed by atoms with Gasteiger partial charge in [0.2, 0.25) is 0 Å². The molecule has 45 heavy (non-hydrogen) atoms. The van der Waals surface area contributed by atoms with Crippen molar-refractivity contribution in [2.24, 2.45) is 11.8 Å². The molecular formula is C32H36F6O7. The number of ketones is 2. The van der Waals surface area contributed by atoms with E-state index < -0.39 is 58.8 Å². The SMILES string of the molecule is O=C(O)C(CCCCCOCCCCCC(Cc1ccc(C(=O)C(F)(F)F)cc1)C(=O)O)Cc1ccc(C(=O)C(F)(F)F)cc1. The smallest absolute Gasteiger partial charge is 0.454 e. The van der Waals surface area contributed by atoms with E-state index in [4.69, 9.17) is 4.74 Å². The number of benzene rings is 2. The molecule has 0 amide bonds. The zero-order valence-corrected chi connectivity index (χ0v) is 24.5. The number of hydrogen-bond donors (Lipinski definition) is 2. The first kappa shape index (κ1) is 37.4. The zero-order chi connectivity index (χ0) is 33.6. The van der Waals surface area contributed by atoms with Gasteiger partial charge in [-0.05, 0) is 49.7 Å². The van der Waals surface area contributed by atoms with Crippen LogP contribution >= 0.6 is 0 Å². The molecule has 0 spiro atoms. The fourth-order valence-electron chi connectivity index (χ4n) is 4.75. The number of halogens is 6. The van der Waals surface area contributed by atoms with Gasteiger partial charge < -0.3 is 14.9 Å². The molecule has 2 rings (SSSR count). The average Bonchev–Trinajstić information content (AvgIpc) is 2.97. The molecular weight excluding hydrogens is 610 g/mol. The standard InChI is InChI=1S/C32H36F6O7/c33-31(34,35)27(39)23-13-9-21(10-14-23)19-25(29(41)42)7-3-1-5-17-45-18-6-2-4-8-26(30(43)44)20-22-11-15-24(16-12-22)28(40)32(36,37)38/h9-16,25-26H,1-8,17-20H2,(H,41,42)(H,43,44). The molecule has 2 unspecified atom stereocenters. The highest BCUT2D eigenvalue weighted by Gasteiger charge is 2.40. The van der Waals surface area contributed by atoms with Crippen LogP contribution in [0, 0.1) is 11.8 Å². The topological polar surface area (TPSA) is 118 Å². The molecule has 248 valence electrons. The summed E-state index contributed by atoms with van der Waals surface area (Å²) >= 11 is 0. The van der Waals surface area contributed by atoms with E-state index in [2.05, 4.69) is 0 Å². The summed E-state index contributed by atoms with van der Waals surface area (Å²) in [5.41, 5.74) is 0.0422. The molecule has 0 aliphatic rings. The highest BCUT2D eigenvalue weighted by atomic mass is 19.4. The third-order valence-corrected chi connectivity index (χ3v) is 7.29. The molecule has 7 nitrogen and oxygen atoms in total. The highest BCUT2D eigenvalue weighted by molar-refractivity contribution is 6.00. The summed E-state index contributed by atoms with van der Waals surface area (Å²) in [7, 11) is 0. The minimum atomic E-state index is -4.98. The summed E-state index contributed by atoms with van der Waals surface area (Å²) in [5.74, 6) is -7.37. The summed E-state index contributed by atoms with van der Waals surface area (Å²) in [6.07, 6.45) is -4.88. The number of ether oxygens (including phenoxy) is 1. The van der Waals surface area contributed by atoms with Crippen LogP contribution in [0.5, 0.6) is 0 Å². The van der Waals surface area contributed by atoms with Crippen LogP contribution in [0.3, 0.4) is 0 Å². The molecule has 0 aliphatic carbocycles. The number of carbonyl (C=O) groups excluding carboxylic acids is 2. The van der Waals surface area contributed by atoms with Gasteiger partial charge in [0.05, 0.1) is 11.8 Å². The number of carboxylic acids is 2. The van der Waals surface area contributed by atoms with Crippen molar-refractivity contribution >= 4 is 23.5 Å². The maximum atomic E-state index is 12.5. The highest BCUT2D eigenvalue weighted by Crippen LogP contribution is 2.24. The predicted octanol–water partition coefficient (Wildman–Crippen LogP) is 7.50. The van der Waals surface area contributed by atoms with E-state index in [1.807, 2.05) is 0 Å². The van der Waals surface area contributed by atoms with Crippen molar-refractivity contribution in [1.82, 2.24) is 0 Å². The Bertz CT molecular complexity index is 1160. The molecule has 0 heterocycles. The number of carbonyl (C=O) groups is 4. The van der Waals surface area contributed by atoms with Gasteiger partial charge in [-0.1, -0.05) is 74.2 Å². The Hall–Kier alpha value is -3.74. The van der Waals surface area contributed by atoms with Gasteiger partial charge >= 0.3 is 24.3 Å². The first-order valence-corrected chi connectivity index (χ1v) is 14.5. The fourth-order valence-corrected chi connectivity index (χ4v) is 4.75. The van der Waals surface area contributed by atoms with Crippen molar-refractivity contribution in [3.8, 4) is 0 Å². The molecule has 0 saturated carbocycles. The number of rotatable bonds is 20. The van der Waals surface area contributed by atoms with Crippen LogP contribution < -0.4 is 0 Å². The van der Waals surface area contributed by atoms with Crippen LogP contribution in [0.25, 0.3) is 0 Å². The molecule has 13 heteroatoms. The number of Topliss-reactive ketones (excluding diaryl/α,β-unsaturated/α-hetero) is 2. The Morgan fingerprint density at radius 3 is 1.18 bits per heavy atom. The first-order chi connectivity index (χ1) is 21.1. The number of hydrogen-bond acceptors (Lipinski definition) is 5. The second-order valence-corrected chi connectivity index (χ2v) is 10.8. The fraction of sp³-hybridized carbons (Fsp3) is 0.500. The van der Waals surface area contributed by atoms with E-state index in [9.17, 15) is 55.7 Å². The second kappa shape index (κ2) is 17.7. The largest absolute Gasteiger partial charge is 0.481 e. The van der Waals surface area contributed by atoms with Gasteiger partial charge in [0, 0.05) is 24.3 Å². The van der Waals surface area contributed by atoms with Crippen molar-refractivity contribution in [3.63, 3.8) is 0 Å². The third-order valence-electron chi connectivity index (χ3n) is 7.29. The summed E-state index contributed by atoms with van der Waals surface area (Å²) in [6.45, 7) is 0.939. The average molecular weight is 647 g/mol. The summed E-state index contributed by atoms with van der Waals surface area (Å²) in [5, 5.41) is 19.0. The van der Waals surface area contributed by atoms with E-state index >= 15 is 0 Å². The molecule has 2 aromatic rings. The number of unbranched alkanes of at least 4 members (excludes halogenated alkanes) is 4. The molecule has 2 aromatic carbocycles. The Labute approximate surface area is 256 Å². The van der Waals surface area contributed by atoms with Crippen LogP contribution in [0.15, 0.2) is 48.5 Å². The lowest BCUT2D eigenvalue weighted by Gasteiger charge is -2.13. The molecule has 0 fully saturated rings. The monoisotopic (exact) mass is 646 g/mol. The molecule has 0 aliphatic heterocycles. The van der Waals surface area contributed by atoms with Crippen molar-refractivity contribution in [3.05, 3.63) is 70.8 Å². The lowest BCUT2D eigenvalue weighted by molar-refractivity contribution is -0.142. The van der Waals surface area contributed by atoms with Crippen LogP contribution in [-0.2, 0) is 27.2 Å². The Morgan fingerprint density at radius 1 is 0.556 bits per heavy atom. The summed E-state index contributed by atoms with van der Waals surface area (Å²) in [4.78, 5) is 45.8. The number of aliphatic carboxylic acids is 2.